The minimum Gasteiger partial charge on any atom is -0.391 e. The summed E-state index contributed by atoms with van der Waals surface area (Å²) in [5, 5.41) is 3.80. The maximum atomic E-state index is 12.2. The lowest BCUT2D eigenvalue weighted by Gasteiger charge is -2.18. The Kier molecular flexibility index (Phi) is 12.3. The highest BCUT2D eigenvalue weighted by Gasteiger charge is 2.30. The van der Waals surface area contributed by atoms with Gasteiger partial charge in [0, 0.05) is 39.8 Å². The average Bonchev–Trinajstić information content (AvgIpc) is 3.15. The number of carbonyl (C=O) groups is 2. The second-order valence-electron chi connectivity index (χ2n) is 12.1. The first-order valence-corrected chi connectivity index (χ1v) is 20.7. The number of anilines is 2. The largest absolute Gasteiger partial charge is 0.394 e. The molecule has 3 aromatic heterocycles. The monoisotopic (exact) mass is 1070 g/mol. The number of benzene rings is 5. The molecule has 9 rings (SSSR count). The van der Waals surface area contributed by atoms with Gasteiger partial charge in [-0.25, -0.2) is 19.6 Å². The summed E-state index contributed by atoms with van der Waals surface area (Å²) in [5.74, 6) is -0.998. The van der Waals surface area contributed by atoms with Crippen molar-refractivity contribution in [1.82, 2.24) is 29.9 Å². The lowest BCUT2D eigenvalue weighted by atomic mass is 9.84. The van der Waals surface area contributed by atoms with Gasteiger partial charge in [0.1, 0.15) is 11.5 Å². The van der Waals surface area contributed by atoms with E-state index in [1.54, 1.807) is 12.1 Å². The van der Waals surface area contributed by atoms with Crippen molar-refractivity contribution in [3.8, 4) is 11.1 Å². The van der Waals surface area contributed by atoms with Crippen LogP contribution in [0.3, 0.4) is 0 Å². The number of aromatic nitrogens is 6. The zero-order chi connectivity index (χ0) is 43.1. The Balaban J connectivity index is 0.000000153. The van der Waals surface area contributed by atoms with Crippen LogP contribution in [0.2, 0.25) is 0 Å². The predicted octanol–water partition coefficient (Wildman–Crippen LogP) is 5.82. The summed E-state index contributed by atoms with van der Waals surface area (Å²) in [6.07, 6.45) is 0. The molecule has 8 aromatic rings. The van der Waals surface area contributed by atoms with Gasteiger partial charge >= 0.3 is 21.8 Å². The molecule has 0 spiro atoms. The molecule has 5 aromatic carbocycles. The SMILES string of the molecule is Nc1[nH]c(=O)[nH]c(=O)c1N.O=C1C(=O)c2cc(Br)ccc2-c2ccc(Br)cc21.O=S(=O)(O)O.O=c1[nH]c(=O)c2nc3c4cc(Br)ccc4c4ccc(Br)cc4c3nc2[nH]1. The van der Waals surface area contributed by atoms with Crippen LogP contribution in [0.25, 0.3) is 54.9 Å². The summed E-state index contributed by atoms with van der Waals surface area (Å²) in [6.45, 7) is 0. The Morgan fingerprint density at radius 1 is 0.492 bits per heavy atom. The van der Waals surface area contributed by atoms with Gasteiger partial charge in [-0.2, -0.15) is 8.42 Å². The van der Waals surface area contributed by atoms with Gasteiger partial charge in [0.2, 0.25) is 11.6 Å². The van der Waals surface area contributed by atoms with Crippen LogP contribution in [-0.2, 0) is 10.4 Å². The molecule has 0 radical (unpaired) electrons. The zero-order valence-corrected chi connectivity index (χ0v) is 36.2. The van der Waals surface area contributed by atoms with Crippen molar-refractivity contribution < 1.29 is 27.1 Å². The first kappa shape index (κ1) is 42.9. The Bertz CT molecular complexity index is 3380. The van der Waals surface area contributed by atoms with E-state index in [0.717, 1.165) is 50.6 Å². The standard InChI is InChI=1S/C18H8Br2N4O2.C14H6Br2O2.C4H6N4O2.H2O4S/c19-7-1-3-9-10-4-2-8(20)6-12(10)14-13(11(9)5-7)21-15-16(22-14)23-18(26)24-17(15)25;15-7-1-3-9-10-4-2-8(16)6-12(10)14(18)13(17)11(9)5-7;5-1-2(6)7-4(10)8-3(1)9;1-5(2,3)4/h1-6H,(H2,22,23,24,25,26);1-6H;5H2,(H4,6,7,8,9,10);(H2,1,2,3,4). The van der Waals surface area contributed by atoms with Crippen LogP contribution in [-0.4, -0.2) is 59.0 Å². The number of aromatic amines is 4. The summed E-state index contributed by atoms with van der Waals surface area (Å²) in [6, 6.07) is 22.7. The minimum atomic E-state index is -4.67. The highest BCUT2D eigenvalue weighted by Crippen LogP contribution is 2.37. The van der Waals surface area contributed by atoms with Crippen molar-refractivity contribution in [2.45, 2.75) is 0 Å². The van der Waals surface area contributed by atoms with Gasteiger partial charge in [0.05, 0.1) is 11.0 Å². The number of hydrogen-bond donors (Lipinski definition) is 8. The van der Waals surface area contributed by atoms with Crippen molar-refractivity contribution in [3.63, 3.8) is 0 Å². The number of nitrogens with one attached hydrogen (secondary N) is 4. The molecule has 18 nitrogen and oxygen atoms in total. The van der Waals surface area contributed by atoms with Crippen LogP contribution in [0.1, 0.15) is 20.7 Å². The van der Waals surface area contributed by atoms with Gasteiger partial charge in [0.15, 0.2) is 11.2 Å². The molecular formula is C36H22Br4N8O10S. The Morgan fingerprint density at radius 3 is 1.37 bits per heavy atom. The summed E-state index contributed by atoms with van der Waals surface area (Å²) >= 11 is 13.6. The van der Waals surface area contributed by atoms with E-state index in [4.69, 9.17) is 29.0 Å². The van der Waals surface area contributed by atoms with Gasteiger partial charge in [0.25, 0.3) is 11.1 Å². The number of ketones is 2. The maximum absolute atomic E-state index is 12.2. The lowest BCUT2D eigenvalue weighted by Crippen LogP contribution is -2.26. The number of carbonyl (C=O) groups excluding carboxylic acids is 2. The molecule has 1 aliphatic rings. The van der Waals surface area contributed by atoms with Crippen LogP contribution in [0.5, 0.6) is 0 Å². The molecule has 0 fully saturated rings. The van der Waals surface area contributed by atoms with E-state index < -0.39 is 44.5 Å². The highest BCUT2D eigenvalue weighted by atomic mass is 79.9. The molecule has 0 saturated carbocycles. The number of nitrogens with two attached hydrogens (primary N) is 2. The van der Waals surface area contributed by atoms with Crippen molar-refractivity contribution in [1.29, 1.82) is 0 Å². The van der Waals surface area contributed by atoms with Gasteiger partial charge < -0.3 is 11.5 Å². The van der Waals surface area contributed by atoms with E-state index in [2.05, 4.69) is 88.6 Å². The second-order valence-corrected chi connectivity index (χ2v) is 16.7. The van der Waals surface area contributed by atoms with E-state index in [-0.39, 0.29) is 22.7 Å². The van der Waals surface area contributed by atoms with Crippen LogP contribution in [0, 0.1) is 0 Å². The van der Waals surface area contributed by atoms with Crippen LogP contribution < -0.4 is 34.0 Å². The molecular weight excluding hydrogens is 1060 g/mol. The van der Waals surface area contributed by atoms with Crippen molar-refractivity contribution in [3.05, 3.63) is 143 Å². The fourth-order valence-electron chi connectivity index (χ4n) is 5.89. The minimum absolute atomic E-state index is 0.103. The Hall–Kier alpha value is -5.69. The average molecular weight is 1080 g/mol. The Labute approximate surface area is 361 Å². The smallest absolute Gasteiger partial charge is 0.391 e. The molecule has 10 N–H and O–H groups in total. The fraction of sp³-hybridized carbons (Fsp3) is 0. The number of Topliss-reactive ketones (excluding diaryl/α,β-unsaturated/α-hetero) is 2. The molecule has 23 heteroatoms. The molecule has 300 valence electrons. The summed E-state index contributed by atoms with van der Waals surface area (Å²) < 4.78 is 35.0. The normalized spacial score (nSPS) is 11.8. The molecule has 3 heterocycles. The van der Waals surface area contributed by atoms with Gasteiger partial charge in [-0.15, -0.1) is 0 Å². The molecule has 1 aliphatic carbocycles. The molecule has 0 amide bonds. The van der Waals surface area contributed by atoms with Crippen LogP contribution in [0.15, 0.2) is 110 Å². The van der Waals surface area contributed by atoms with Gasteiger partial charge in [-0.3, -0.25) is 48.2 Å². The molecule has 59 heavy (non-hydrogen) atoms. The van der Waals surface area contributed by atoms with E-state index in [0.29, 0.717) is 22.2 Å². The van der Waals surface area contributed by atoms with E-state index in [1.165, 1.54) is 0 Å². The van der Waals surface area contributed by atoms with Crippen molar-refractivity contribution in [2.75, 3.05) is 11.5 Å². The third-order valence-electron chi connectivity index (χ3n) is 8.29. The quantitative estimate of drug-likeness (QED) is 0.0384. The van der Waals surface area contributed by atoms with E-state index in [9.17, 15) is 28.8 Å². The van der Waals surface area contributed by atoms with E-state index in [1.807, 2.05) is 65.6 Å². The number of nitrogen functional groups attached to an aromatic ring is 2. The van der Waals surface area contributed by atoms with Gasteiger partial charge in [-0.1, -0.05) is 88.0 Å². The Morgan fingerprint density at radius 2 is 0.898 bits per heavy atom. The van der Waals surface area contributed by atoms with Crippen molar-refractivity contribution in [2.24, 2.45) is 0 Å². The molecule has 0 atom stereocenters. The van der Waals surface area contributed by atoms with Crippen LogP contribution >= 0.6 is 63.7 Å². The molecule has 0 saturated heterocycles. The number of nitrogens with zero attached hydrogens (tertiary/aromatic N) is 2. The molecule has 0 unspecified atom stereocenters. The first-order chi connectivity index (χ1) is 27.7. The summed E-state index contributed by atoms with van der Waals surface area (Å²) in [5.41, 5.74) is 11.6. The number of fused-ring (bicyclic) bond motifs is 10. The third-order valence-corrected chi connectivity index (χ3v) is 10.3. The third kappa shape index (κ3) is 9.46. The number of hydrogen-bond acceptors (Lipinski definition) is 12. The number of halogens is 4. The topological polar surface area (TPSA) is 318 Å². The molecule has 0 aliphatic heterocycles. The number of H-pyrrole nitrogens is 4. The zero-order valence-electron chi connectivity index (χ0n) is 29.1. The number of rotatable bonds is 0. The van der Waals surface area contributed by atoms with Crippen molar-refractivity contribution >= 4 is 141 Å². The first-order valence-electron chi connectivity index (χ1n) is 16.1. The van der Waals surface area contributed by atoms with Crippen LogP contribution in [0.4, 0.5) is 11.5 Å². The fourth-order valence-corrected chi connectivity index (χ4v) is 7.33. The summed E-state index contributed by atoms with van der Waals surface area (Å²) in [4.78, 5) is 86.8. The highest BCUT2D eigenvalue weighted by molar-refractivity contribution is 9.11. The van der Waals surface area contributed by atoms with Gasteiger partial charge in [-0.05, 0) is 70.4 Å². The summed E-state index contributed by atoms with van der Waals surface area (Å²) in [7, 11) is -4.67. The second kappa shape index (κ2) is 16.9. The maximum Gasteiger partial charge on any atom is 0.394 e. The van der Waals surface area contributed by atoms with E-state index >= 15 is 0 Å². The molecule has 0 bridgehead atoms. The lowest BCUT2D eigenvalue weighted by molar-refractivity contribution is 0.0815. The predicted molar refractivity (Wildman–Crippen MR) is 235 cm³/mol.